The molecule has 2 aromatic carbocycles. The number of hydrogen-bond acceptors (Lipinski definition) is 7. The summed E-state index contributed by atoms with van der Waals surface area (Å²) in [6, 6.07) is 10.1. The molecule has 144 valence electrons. The van der Waals surface area contributed by atoms with Crippen LogP contribution in [0, 0.1) is 11.2 Å². The summed E-state index contributed by atoms with van der Waals surface area (Å²) < 4.78 is 23.6. The molecule has 0 bridgehead atoms. The smallest absolute Gasteiger partial charge is 0.271 e. The van der Waals surface area contributed by atoms with Gasteiger partial charge in [0.25, 0.3) is 5.91 Å². The van der Waals surface area contributed by atoms with Crippen molar-refractivity contribution in [1.29, 1.82) is 5.41 Å². The van der Waals surface area contributed by atoms with Crippen molar-refractivity contribution >= 4 is 40.6 Å². The number of halogens is 1. The summed E-state index contributed by atoms with van der Waals surface area (Å²) in [5.41, 5.74) is 0.775. The topological polar surface area (TPSA) is 103 Å². The molecular weight excluding hydrogens is 387 g/mol. The predicted molar refractivity (Wildman–Crippen MR) is 101 cm³/mol. The molecule has 0 atom stereocenters. The fraction of sp³-hybridized carbons (Fsp3) is 0.105. The molecule has 1 saturated heterocycles. The lowest BCUT2D eigenvalue weighted by atomic mass is 10.1. The molecule has 0 aromatic heterocycles. The zero-order valence-electron chi connectivity index (χ0n) is 14.6. The van der Waals surface area contributed by atoms with Crippen LogP contribution in [0.4, 0.5) is 10.1 Å². The van der Waals surface area contributed by atoms with Gasteiger partial charge in [0, 0.05) is 5.56 Å². The highest BCUT2D eigenvalue weighted by molar-refractivity contribution is 8.19. The molecule has 1 heterocycles. The second kappa shape index (κ2) is 8.13. The van der Waals surface area contributed by atoms with Gasteiger partial charge in [-0.05, 0) is 48.2 Å². The lowest BCUT2D eigenvalue weighted by molar-refractivity contribution is -0.307. The Labute approximate surface area is 163 Å². The van der Waals surface area contributed by atoms with Crippen LogP contribution < -0.4 is 19.5 Å². The molecule has 1 N–H and O–H groups in total. The number of rotatable bonds is 6. The van der Waals surface area contributed by atoms with Crippen LogP contribution in [0.3, 0.4) is 0 Å². The van der Waals surface area contributed by atoms with Gasteiger partial charge in [-0.2, -0.15) is 0 Å². The molecule has 0 saturated carbocycles. The van der Waals surface area contributed by atoms with Crippen molar-refractivity contribution < 1.29 is 28.6 Å². The Bertz CT molecular complexity index is 975. The molecule has 9 heteroatoms. The van der Waals surface area contributed by atoms with Crippen molar-refractivity contribution in [2.24, 2.45) is 0 Å². The fourth-order valence-electron chi connectivity index (χ4n) is 2.55. The zero-order valence-corrected chi connectivity index (χ0v) is 15.4. The van der Waals surface area contributed by atoms with E-state index in [0.29, 0.717) is 11.3 Å². The molecule has 2 aromatic rings. The van der Waals surface area contributed by atoms with Gasteiger partial charge >= 0.3 is 0 Å². The van der Waals surface area contributed by atoms with Gasteiger partial charge in [-0.25, -0.2) is 4.39 Å². The van der Waals surface area contributed by atoms with Crippen molar-refractivity contribution in [3.8, 4) is 11.5 Å². The summed E-state index contributed by atoms with van der Waals surface area (Å²) in [6.07, 6.45) is 1.48. The van der Waals surface area contributed by atoms with E-state index in [2.05, 4.69) is 0 Å². The molecule has 1 aliphatic rings. The van der Waals surface area contributed by atoms with Gasteiger partial charge in [-0.15, -0.1) is 0 Å². The summed E-state index contributed by atoms with van der Waals surface area (Å²) in [6.45, 7) is -0.685. The first-order valence-electron chi connectivity index (χ1n) is 7.98. The van der Waals surface area contributed by atoms with Crippen LogP contribution in [0.1, 0.15) is 5.56 Å². The molecule has 0 radical (unpaired) electrons. The number of carbonyl (C=O) groups is 2. The van der Waals surface area contributed by atoms with Gasteiger partial charge in [0.1, 0.15) is 12.4 Å². The number of methoxy groups -OCH3 is 1. The van der Waals surface area contributed by atoms with Gasteiger partial charge < -0.3 is 19.4 Å². The minimum Gasteiger partial charge on any atom is -0.546 e. The van der Waals surface area contributed by atoms with E-state index in [0.717, 1.165) is 16.7 Å². The Hall–Kier alpha value is -3.33. The molecule has 0 aliphatic carbocycles. The number of amides is 1. The molecule has 0 spiro atoms. The number of benzene rings is 2. The first-order valence-corrected chi connectivity index (χ1v) is 8.80. The number of para-hydroxylation sites is 1. The summed E-state index contributed by atoms with van der Waals surface area (Å²) in [7, 11) is 1.40. The summed E-state index contributed by atoms with van der Waals surface area (Å²) in [4.78, 5) is 24.9. The van der Waals surface area contributed by atoms with Crippen molar-refractivity contribution in [3.63, 3.8) is 0 Å². The number of amidine groups is 1. The maximum Gasteiger partial charge on any atom is 0.271 e. The Balaban J connectivity index is 1.95. The molecule has 0 unspecified atom stereocenters. The minimum absolute atomic E-state index is 0.0389. The van der Waals surface area contributed by atoms with Crippen LogP contribution in [0.15, 0.2) is 47.4 Å². The number of carbonyl (C=O) groups excluding carboxylic acids is 2. The highest BCUT2D eigenvalue weighted by atomic mass is 32.2. The van der Waals surface area contributed by atoms with Crippen molar-refractivity contribution in [2.45, 2.75) is 0 Å². The molecular formula is C19H14FN2O5S-. The summed E-state index contributed by atoms with van der Waals surface area (Å²) >= 11 is 0.924. The lowest BCUT2D eigenvalue weighted by Crippen LogP contribution is -2.29. The van der Waals surface area contributed by atoms with Gasteiger partial charge in [0.2, 0.25) is 0 Å². The number of carboxylic acid groups (broad SMARTS) is 1. The second-order valence-corrected chi connectivity index (χ2v) is 6.60. The van der Waals surface area contributed by atoms with E-state index in [1.807, 2.05) is 0 Å². The largest absolute Gasteiger partial charge is 0.546 e. The second-order valence-electron chi connectivity index (χ2n) is 5.57. The third kappa shape index (κ3) is 3.99. The third-order valence-corrected chi connectivity index (χ3v) is 4.65. The van der Waals surface area contributed by atoms with E-state index >= 15 is 0 Å². The monoisotopic (exact) mass is 401 g/mol. The van der Waals surface area contributed by atoms with E-state index in [1.165, 1.54) is 37.5 Å². The molecule has 1 fully saturated rings. The summed E-state index contributed by atoms with van der Waals surface area (Å²) in [5.74, 6) is -1.88. The average molecular weight is 401 g/mol. The van der Waals surface area contributed by atoms with Crippen molar-refractivity contribution in [2.75, 3.05) is 18.6 Å². The maximum absolute atomic E-state index is 13.1. The molecule has 28 heavy (non-hydrogen) atoms. The van der Waals surface area contributed by atoms with Crippen LogP contribution in [-0.2, 0) is 9.59 Å². The number of carboxylic acids is 1. The number of aliphatic carboxylic acids is 1. The van der Waals surface area contributed by atoms with Crippen LogP contribution in [0.2, 0.25) is 0 Å². The molecule has 1 aliphatic heterocycles. The van der Waals surface area contributed by atoms with Crippen molar-refractivity contribution in [3.05, 3.63) is 58.8 Å². The number of nitrogens with one attached hydrogen (secondary N) is 1. The number of anilines is 1. The number of thioether (sulfide) groups is 1. The molecule has 3 rings (SSSR count). The van der Waals surface area contributed by atoms with Crippen LogP contribution in [0.5, 0.6) is 11.5 Å². The number of ether oxygens (including phenoxy) is 2. The van der Waals surface area contributed by atoms with Crippen LogP contribution in [-0.4, -0.2) is 30.8 Å². The van der Waals surface area contributed by atoms with Gasteiger partial charge in [-0.3, -0.25) is 15.1 Å². The first kappa shape index (κ1) is 19.4. The van der Waals surface area contributed by atoms with E-state index in [9.17, 15) is 19.1 Å². The number of hydrogen-bond donors (Lipinski definition) is 1. The zero-order chi connectivity index (χ0) is 20.3. The van der Waals surface area contributed by atoms with Gasteiger partial charge in [0.15, 0.2) is 16.7 Å². The Morgan fingerprint density at radius 2 is 2.00 bits per heavy atom. The van der Waals surface area contributed by atoms with Gasteiger partial charge in [0.05, 0.1) is 23.7 Å². The highest BCUT2D eigenvalue weighted by Gasteiger charge is 2.33. The Morgan fingerprint density at radius 1 is 1.29 bits per heavy atom. The third-order valence-electron chi connectivity index (χ3n) is 3.76. The summed E-state index contributed by atoms with van der Waals surface area (Å²) in [5, 5.41) is 18.8. The van der Waals surface area contributed by atoms with Crippen LogP contribution in [0.25, 0.3) is 6.08 Å². The fourth-order valence-corrected chi connectivity index (χ4v) is 3.40. The minimum atomic E-state index is -1.40. The number of nitrogens with zero attached hydrogens (tertiary/aromatic N) is 1. The highest BCUT2D eigenvalue weighted by Crippen LogP contribution is 2.38. The van der Waals surface area contributed by atoms with Gasteiger partial charge in [-0.1, -0.05) is 12.1 Å². The lowest BCUT2D eigenvalue weighted by Gasteiger charge is -2.14. The Kier molecular flexibility index (Phi) is 5.65. The van der Waals surface area contributed by atoms with E-state index in [4.69, 9.17) is 14.9 Å². The maximum atomic E-state index is 13.1. The predicted octanol–water partition coefficient (Wildman–Crippen LogP) is 2.02. The SMILES string of the molecule is COc1cccc(C=C2SC(=N)N(c3ccc(F)cc3)C2=O)c1OCC(=O)[O-]. The first-order chi connectivity index (χ1) is 13.4. The standard InChI is InChI=1S/C19H15FN2O5S/c1-26-14-4-2-3-11(17(14)27-10-16(23)24)9-15-18(25)22(19(21)28-15)13-7-5-12(20)6-8-13/h2-9,21H,10H2,1H3,(H,23,24)/p-1. The van der Waals surface area contributed by atoms with Crippen molar-refractivity contribution in [1.82, 2.24) is 0 Å². The van der Waals surface area contributed by atoms with Crippen LogP contribution >= 0.6 is 11.8 Å². The average Bonchev–Trinajstić information content (AvgIpc) is 2.94. The molecule has 7 nitrogen and oxygen atoms in total. The quantitative estimate of drug-likeness (QED) is 0.743. The normalized spacial score (nSPS) is 15.2. The van der Waals surface area contributed by atoms with E-state index in [-0.39, 0.29) is 21.6 Å². The van der Waals surface area contributed by atoms with E-state index < -0.39 is 24.3 Å². The molecule has 1 amide bonds. The Morgan fingerprint density at radius 3 is 2.64 bits per heavy atom. The van der Waals surface area contributed by atoms with E-state index in [1.54, 1.807) is 18.2 Å².